The minimum Gasteiger partial charge on any atom is -0.318 e. The first-order chi connectivity index (χ1) is 9.52. The summed E-state index contributed by atoms with van der Waals surface area (Å²) in [7, 11) is 0. The second-order valence-corrected chi connectivity index (χ2v) is 6.32. The Hall–Kier alpha value is -1.60. The molecule has 0 bridgehead atoms. The highest BCUT2D eigenvalue weighted by Gasteiger charge is 2.37. The topological polar surface area (TPSA) is 26.0 Å². The fourth-order valence-corrected chi connectivity index (χ4v) is 3.56. The van der Waals surface area contributed by atoms with E-state index in [1.807, 2.05) is 0 Å². The lowest BCUT2D eigenvalue weighted by Gasteiger charge is -2.40. The van der Waals surface area contributed by atoms with Gasteiger partial charge in [0.25, 0.3) is 0 Å². The quantitative estimate of drug-likeness (QED) is 0.812. The van der Waals surface area contributed by atoms with E-state index in [0.29, 0.717) is 5.92 Å². The zero-order chi connectivity index (χ0) is 14.3. The molecule has 2 N–H and O–H groups in total. The molecule has 0 aromatic heterocycles. The molecule has 104 valence electrons. The van der Waals surface area contributed by atoms with Crippen LogP contribution < -0.4 is 5.73 Å². The van der Waals surface area contributed by atoms with Crippen LogP contribution in [-0.2, 0) is 5.54 Å². The smallest absolute Gasteiger partial charge is 0.0671 e. The molecule has 3 rings (SSSR count). The number of benzene rings is 2. The minimum absolute atomic E-state index is 0.334. The van der Waals surface area contributed by atoms with Crippen LogP contribution in [0.25, 0.3) is 0 Å². The predicted octanol–water partition coefficient (Wildman–Crippen LogP) is 4.40. The van der Waals surface area contributed by atoms with Gasteiger partial charge in [-0.3, -0.25) is 0 Å². The standard InChI is InChI=1S/C19H23N/c1-13-8-9-15(3)18(12-13)19(20)11-10-14(2)16-6-4-5-7-17(16)19/h4-9,12,14H,10-11,20H2,1-3H3. The van der Waals surface area contributed by atoms with Crippen molar-refractivity contribution in [2.75, 3.05) is 0 Å². The van der Waals surface area contributed by atoms with Crippen molar-refractivity contribution in [2.45, 2.75) is 45.1 Å². The molecule has 0 heterocycles. The van der Waals surface area contributed by atoms with E-state index in [1.54, 1.807) is 0 Å². The molecule has 0 aliphatic heterocycles. The Kier molecular flexibility index (Phi) is 3.18. The second kappa shape index (κ2) is 4.75. The lowest BCUT2D eigenvalue weighted by atomic mass is 9.68. The van der Waals surface area contributed by atoms with Gasteiger partial charge in [-0.15, -0.1) is 0 Å². The van der Waals surface area contributed by atoms with E-state index in [1.165, 1.54) is 27.8 Å². The summed E-state index contributed by atoms with van der Waals surface area (Å²) in [5.41, 5.74) is 13.2. The van der Waals surface area contributed by atoms with Crippen LogP contribution in [0.3, 0.4) is 0 Å². The van der Waals surface area contributed by atoms with Gasteiger partial charge < -0.3 is 5.73 Å². The average molecular weight is 265 g/mol. The normalized spacial score (nSPS) is 25.3. The average Bonchev–Trinajstić information content (AvgIpc) is 2.46. The Balaban J connectivity index is 2.22. The molecule has 2 unspecified atom stereocenters. The van der Waals surface area contributed by atoms with Crippen LogP contribution >= 0.6 is 0 Å². The molecule has 0 amide bonds. The molecule has 0 radical (unpaired) electrons. The maximum Gasteiger partial charge on any atom is 0.0671 e. The van der Waals surface area contributed by atoms with Gasteiger partial charge in [0.05, 0.1) is 5.54 Å². The fraction of sp³-hybridized carbons (Fsp3) is 0.368. The van der Waals surface area contributed by atoms with E-state index in [9.17, 15) is 0 Å². The Morgan fingerprint density at radius 1 is 1.05 bits per heavy atom. The summed E-state index contributed by atoms with van der Waals surface area (Å²) in [6.07, 6.45) is 2.18. The molecule has 20 heavy (non-hydrogen) atoms. The molecular formula is C19H23N. The second-order valence-electron chi connectivity index (χ2n) is 6.32. The van der Waals surface area contributed by atoms with E-state index in [-0.39, 0.29) is 5.54 Å². The van der Waals surface area contributed by atoms with Gasteiger partial charge in [-0.1, -0.05) is 55.0 Å². The molecule has 0 saturated heterocycles. The Bertz CT molecular complexity index is 644. The molecule has 1 aliphatic rings. The van der Waals surface area contributed by atoms with Crippen LogP contribution in [-0.4, -0.2) is 0 Å². The lowest BCUT2D eigenvalue weighted by molar-refractivity contribution is 0.410. The summed E-state index contributed by atoms with van der Waals surface area (Å²) in [6.45, 7) is 6.62. The number of hydrogen-bond donors (Lipinski definition) is 1. The summed E-state index contributed by atoms with van der Waals surface area (Å²) in [6, 6.07) is 15.3. The summed E-state index contributed by atoms with van der Waals surface area (Å²) in [4.78, 5) is 0. The van der Waals surface area contributed by atoms with Gasteiger partial charge in [-0.25, -0.2) is 0 Å². The number of rotatable bonds is 1. The summed E-state index contributed by atoms with van der Waals surface area (Å²) < 4.78 is 0. The van der Waals surface area contributed by atoms with E-state index in [4.69, 9.17) is 5.73 Å². The zero-order valence-electron chi connectivity index (χ0n) is 12.6. The Morgan fingerprint density at radius 3 is 2.60 bits per heavy atom. The number of nitrogens with two attached hydrogens (primary N) is 1. The van der Waals surface area contributed by atoms with Gasteiger partial charge in [0.1, 0.15) is 0 Å². The van der Waals surface area contributed by atoms with Crippen molar-refractivity contribution < 1.29 is 0 Å². The largest absolute Gasteiger partial charge is 0.318 e. The highest BCUT2D eigenvalue weighted by Crippen LogP contribution is 2.44. The Morgan fingerprint density at radius 2 is 1.80 bits per heavy atom. The molecule has 1 nitrogen and oxygen atoms in total. The van der Waals surface area contributed by atoms with Crippen molar-refractivity contribution in [1.82, 2.24) is 0 Å². The maximum atomic E-state index is 6.92. The fourth-order valence-electron chi connectivity index (χ4n) is 3.56. The van der Waals surface area contributed by atoms with Crippen LogP contribution in [0.15, 0.2) is 42.5 Å². The van der Waals surface area contributed by atoms with Crippen molar-refractivity contribution in [3.63, 3.8) is 0 Å². The first kappa shape index (κ1) is 13.4. The predicted molar refractivity (Wildman–Crippen MR) is 85.0 cm³/mol. The van der Waals surface area contributed by atoms with Gasteiger partial charge in [-0.05, 0) is 54.9 Å². The number of fused-ring (bicyclic) bond motifs is 1. The molecule has 0 spiro atoms. The van der Waals surface area contributed by atoms with Crippen molar-refractivity contribution in [3.8, 4) is 0 Å². The van der Waals surface area contributed by atoms with Gasteiger partial charge in [0.15, 0.2) is 0 Å². The van der Waals surface area contributed by atoms with E-state index < -0.39 is 0 Å². The molecule has 0 saturated carbocycles. The molecule has 1 heteroatoms. The van der Waals surface area contributed by atoms with Crippen molar-refractivity contribution >= 4 is 0 Å². The molecule has 2 aromatic carbocycles. The van der Waals surface area contributed by atoms with Gasteiger partial charge in [0.2, 0.25) is 0 Å². The van der Waals surface area contributed by atoms with Crippen LogP contribution in [0.4, 0.5) is 0 Å². The zero-order valence-corrected chi connectivity index (χ0v) is 12.6. The van der Waals surface area contributed by atoms with Gasteiger partial charge >= 0.3 is 0 Å². The van der Waals surface area contributed by atoms with E-state index in [0.717, 1.165) is 12.8 Å². The van der Waals surface area contributed by atoms with Crippen molar-refractivity contribution in [2.24, 2.45) is 5.73 Å². The highest BCUT2D eigenvalue weighted by molar-refractivity contribution is 5.49. The monoisotopic (exact) mass is 265 g/mol. The van der Waals surface area contributed by atoms with Gasteiger partial charge in [0, 0.05) is 0 Å². The third-order valence-electron chi connectivity index (χ3n) is 4.82. The molecule has 1 aliphatic carbocycles. The van der Waals surface area contributed by atoms with Crippen LogP contribution in [0.2, 0.25) is 0 Å². The van der Waals surface area contributed by atoms with Gasteiger partial charge in [-0.2, -0.15) is 0 Å². The first-order valence-electron chi connectivity index (χ1n) is 7.48. The Labute approximate surface area is 121 Å². The summed E-state index contributed by atoms with van der Waals surface area (Å²) in [5.74, 6) is 0.605. The number of hydrogen-bond acceptors (Lipinski definition) is 1. The van der Waals surface area contributed by atoms with E-state index >= 15 is 0 Å². The van der Waals surface area contributed by atoms with Crippen LogP contribution in [0, 0.1) is 13.8 Å². The molecular weight excluding hydrogens is 242 g/mol. The summed E-state index contributed by atoms with van der Waals surface area (Å²) >= 11 is 0. The van der Waals surface area contributed by atoms with Crippen LogP contribution in [0.1, 0.15) is 53.5 Å². The summed E-state index contributed by atoms with van der Waals surface area (Å²) in [5, 5.41) is 0. The van der Waals surface area contributed by atoms with Crippen molar-refractivity contribution in [1.29, 1.82) is 0 Å². The lowest BCUT2D eigenvalue weighted by Crippen LogP contribution is -2.42. The van der Waals surface area contributed by atoms with Crippen LogP contribution in [0.5, 0.6) is 0 Å². The maximum absolute atomic E-state index is 6.92. The minimum atomic E-state index is -0.334. The first-order valence-corrected chi connectivity index (χ1v) is 7.48. The van der Waals surface area contributed by atoms with E-state index in [2.05, 4.69) is 63.2 Å². The third-order valence-corrected chi connectivity index (χ3v) is 4.82. The highest BCUT2D eigenvalue weighted by atomic mass is 14.8. The third kappa shape index (κ3) is 1.97. The SMILES string of the molecule is Cc1ccc(C)c(C2(N)CCC(C)c3ccccc32)c1. The van der Waals surface area contributed by atoms with Crippen molar-refractivity contribution in [3.05, 3.63) is 70.3 Å². The molecule has 0 fully saturated rings. The number of aryl methyl sites for hydroxylation is 2. The molecule has 2 atom stereocenters. The molecule has 2 aromatic rings.